The predicted molar refractivity (Wildman–Crippen MR) is 48.8 cm³/mol. The first-order valence-corrected chi connectivity index (χ1v) is 4.31. The van der Waals surface area contributed by atoms with E-state index >= 15 is 0 Å². The van der Waals surface area contributed by atoms with Crippen LogP contribution in [0.5, 0.6) is 0 Å². The van der Waals surface area contributed by atoms with Crippen molar-refractivity contribution >= 4 is 0 Å². The Bertz CT molecular complexity index is 178. The molecule has 0 amide bonds. The summed E-state index contributed by atoms with van der Waals surface area (Å²) in [5.41, 5.74) is 0. The summed E-state index contributed by atoms with van der Waals surface area (Å²) in [6.07, 6.45) is 4.11. The average molecular weight is 168 g/mol. The van der Waals surface area contributed by atoms with Crippen LogP contribution in [0.15, 0.2) is 24.5 Å². The van der Waals surface area contributed by atoms with Gasteiger partial charge in [0.1, 0.15) is 18.5 Å². The maximum atomic E-state index is 5.44. The average Bonchev–Trinajstić information content (AvgIpc) is 2.80. The molecule has 0 spiro atoms. The number of rotatable bonds is 5. The summed E-state index contributed by atoms with van der Waals surface area (Å²) in [4.78, 5) is 0. The third kappa shape index (κ3) is 3.58. The smallest absolute Gasteiger partial charge is 0.117 e. The number of allylic oxidation sites excluding steroid dienone is 2. The Labute approximate surface area is 73.9 Å². The minimum Gasteiger partial charge on any atom is -0.491 e. The molecule has 1 saturated heterocycles. The van der Waals surface area contributed by atoms with Gasteiger partial charge < -0.3 is 9.47 Å². The van der Waals surface area contributed by atoms with Gasteiger partial charge in [0.15, 0.2) is 0 Å². The first-order valence-electron chi connectivity index (χ1n) is 4.31. The highest BCUT2D eigenvalue weighted by molar-refractivity contribution is 5.09. The van der Waals surface area contributed by atoms with Crippen molar-refractivity contribution in [3.05, 3.63) is 24.5 Å². The molecule has 2 heteroatoms. The zero-order valence-electron chi connectivity index (χ0n) is 7.75. The van der Waals surface area contributed by atoms with Crippen LogP contribution in [0.25, 0.3) is 0 Å². The van der Waals surface area contributed by atoms with Crippen LogP contribution in [-0.2, 0) is 9.47 Å². The Balaban J connectivity index is 2.27. The predicted octanol–water partition coefficient (Wildman–Crippen LogP) is 2.13. The van der Waals surface area contributed by atoms with Crippen LogP contribution >= 0.6 is 0 Å². The molecular weight excluding hydrogens is 152 g/mol. The Hall–Kier alpha value is -0.760. The van der Waals surface area contributed by atoms with Crippen LogP contribution in [0.3, 0.4) is 0 Å². The summed E-state index contributed by atoms with van der Waals surface area (Å²) >= 11 is 0. The van der Waals surface area contributed by atoms with Crippen LogP contribution in [0.4, 0.5) is 0 Å². The minimum absolute atomic E-state index is 0.320. The summed E-state index contributed by atoms with van der Waals surface area (Å²) < 4.78 is 10.5. The van der Waals surface area contributed by atoms with Gasteiger partial charge in [-0.15, -0.1) is 0 Å². The van der Waals surface area contributed by atoms with Crippen LogP contribution in [-0.4, -0.2) is 19.3 Å². The van der Waals surface area contributed by atoms with Crippen molar-refractivity contribution in [1.82, 2.24) is 0 Å². The minimum atomic E-state index is 0.320. The van der Waals surface area contributed by atoms with Crippen LogP contribution < -0.4 is 0 Å². The molecule has 0 aliphatic carbocycles. The molecular formula is C10H16O2. The lowest BCUT2D eigenvalue weighted by atomic mass is 10.2. The molecule has 1 fully saturated rings. The fraction of sp³-hybridized carbons (Fsp3) is 0.600. The highest BCUT2D eigenvalue weighted by atomic mass is 16.6. The van der Waals surface area contributed by atoms with E-state index in [0.717, 1.165) is 12.4 Å². The first-order chi connectivity index (χ1) is 5.72. The maximum absolute atomic E-state index is 5.44. The van der Waals surface area contributed by atoms with E-state index in [4.69, 9.17) is 9.47 Å². The van der Waals surface area contributed by atoms with Crippen LogP contribution in [0.2, 0.25) is 0 Å². The van der Waals surface area contributed by atoms with Crippen molar-refractivity contribution in [2.24, 2.45) is 5.92 Å². The molecule has 0 radical (unpaired) electrons. The van der Waals surface area contributed by atoms with E-state index in [1.807, 2.05) is 0 Å². The summed E-state index contributed by atoms with van der Waals surface area (Å²) in [6.45, 7) is 9.40. The second-order valence-corrected chi connectivity index (χ2v) is 3.28. The normalized spacial score (nSPS) is 22.6. The molecule has 1 heterocycles. The molecule has 2 nitrogen and oxygen atoms in total. The van der Waals surface area contributed by atoms with Crippen molar-refractivity contribution in [2.45, 2.75) is 20.0 Å². The molecule has 68 valence electrons. The lowest BCUT2D eigenvalue weighted by molar-refractivity contribution is 0.191. The molecule has 12 heavy (non-hydrogen) atoms. The number of epoxide rings is 1. The van der Waals surface area contributed by atoms with Gasteiger partial charge in [-0.3, -0.25) is 0 Å². The number of ether oxygens (including phenoxy) is 2. The van der Waals surface area contributed by atoms with Crippen molar-refractivity contribution < 1.29 is 9.47 Å². The second-order valence-electron chi connectivity index (χ2n) is 3.28. The molecule has 1 aliphatic rings. The van der Waals surface area contributed by atoms with Gasteiger partial charge in [-0.25, -0.2) is 0 Å². The van der Waals surface area contributed by atoms with E-state index in [0.29, 0.717) is 18.6 Å². The lowest BCUT2D eigenvalue weighted by Gasteiger charge is -2.05. The van der Waals surface area contributed by atoms with Crippen molar-refractivity contribution in [1.29, 1.82) is 0 Å². The van der Waals surface area contributed by atoms with E-state index in [2.05, 4.69) is 26.5 Å². The first kappa shape index (κ1) is 9.33. The maximum Gasteiger partial charge on any atom is 0.117 e. The van der Waals surface area contributed by atoms with Gasteiger partial charge in [0.2, 0.25) is 0 Å². The quantitative estimate of drug-likeness (QED) is 0.356. The van der Waals surface area contributed by atoms with E-state index in [9.17, 15) is 0 Å². The molecule has 0 aromatic carbocycles. The van der Waals surface area contributed by atoms with E-state index in [1.54, 1.807) is 6.08 Å². The zero-order valence-corrected chi connectivity index (χ0v) is 7.75. The third-order valence-electron chi connectivity index (χ3n) is 1.54. The zero-order chi connectivity index (χ0) is 8.97. The highest BCUT2D eigenvalue weighted by Crippen LogP contribution is 2.12. The molecule has 0 aromatic heterocycles. The Morgan fingerprint density at radius 3 is 2.83 bits per heavy atom. The van der Waals surface area contributed by atoms with Crippen molar-refractivity contribution in [2.75, 3.05) is 13.2 Å². The number of hydrogen-bond donors (Lipinski definition) is 0. The van der Waals surface area contributed by atoms with Gasteiger partial charge in [0.05, 0.1) is 6.61 Å². The Morgan fingerprint density at radius 1 is 1.75 bits per heavy atom. The molecule has 0 aromatic rings. The monoisotopic (exact) mass is 168 g/mol. The Morgan fingerprint density at radius 2 is 2.42 bits per heavy atom. The summed E-state index contributed by atoms with van der Waals surface area (Å²) in [7, 11) is 0. The van der Waals surface area contributed by atoms with Gasteiger partial charge in [0.25, 0.3) is 0 Å². The highest BCUT2D eigenvalue weighted by Gasteiger charge is 2.23. The molecule has 1 atom stereocenters. The topological polar surface area (TPSA) is 21.8 Å². The van der Waals surface area contributed by atoms with Gasteiger partial charge in [0, 0.05) is 0 Å². The van der Waals surface area contributed by atoms with Crippen LogP contribution in [0.1, 0.15) is 13.8 Å². The Kier molecular flexibility index (Phi) is 3.35. The summed E-state index contributed by atoms with van der Waals surface area (Å²) in [5.74, 6) is 1.36. The second kappa shape index (κ2) is 4.31. The molecule has 0 bridgehead atoms. The molecule has 0 N–H and O–H groups in total. The molecule has 0 saturated carbocycles. The van der Waals surface area contributed by atoms with Crippen LogP contribution in [0, 0.1) is 5.92 Å². The lowest BCUT2D eigenvalue weighted by Crippen LogP contribution is -2.00. The number of hydrogen-bond acceptors (Lipinski definition) is 2. The standard InChI is InChI=1S/C10H16O2/c1-4-9(5-8(2)3)11-6-10-7-12-10/h4-5,8,10H,1,6-7H2,2-3H3. The van der Waals surface area contributed by atoms with Gasteiger partial charge in [-0.1, -0.05) is 20.4 Å². The summed E-state index contributed by atoms with van der Waals surface area (Å²) in [5, 5.41) is 0. The largest absolute Gasteiger partial charge is 0.491 e. The molecule has 1 unspecified atom stereocenters. The molecule has 1 aliphatic heterocycles. The van der Waals surface area contributed by atoms with E-state index in [1.165, 1.54) is 0 Å². The summed E-state index contributed by atoms with van der Waals surface area (Å²) in [6, 6.07) is 0. The SMILES string of the molecule is C=CC(=CC(C)C)OCC1CO1. The van der Waals surface area contributed by atoms with Gasteiger partial charge in [-0.05, 0) is 18.1 Å². The fourth-order valence-corrected chi connectivity index (χ4v) is 0.857. The fourth-order valence-electron chi connectivity index (χ4n) is 0.857. The van der Waals surface area contributed by atoms with Crippen molar-refractivity contribution in [3.63, 3.8) is 0 Å². The third-order valence-corrected chi connectivity index (χ3v) is 1.54. The van der Waals surface area contributed by atoms with E-state index in [-0.39, 0.29) is 0 Å². The molecule has 1 rings (SSSR count). The van der Waals surface area contributed by atoms with Crippen molar-refractivity contribution in [3.8, 4) is 0 Å². The van der Waals surface area contributed by atoms with E-state index < -0.39 is 0 Å². The van der Waals surface area contributed by atoms with Gasteiger partial charge >= 0.3 is 0 Å². The van der Waals surface area contributed by atoms with Gasteiger partial charge in [-0.2, -0.15) is 0 Å².